The molecule has 1 aromatic rings. The minimum Gasteiger partial charge on any atom is -0.381 e. The number of carbonyl (C=O) groups is 1. The maximum Gasteiger partial charge on any atom is 0.253 e. The number of thiol groups is 1. The number of hydrogen-bond donors (Lipinski definition) is 2. The normalized spacial score (nSPS) is 18.4. The van der Waals surface area contributed by atoms with Gasteiger partial charge in [-0.1, -0.05) is 11.6 Å². The van der Waals surface area contributed by atoms with E-state index >= 15 is 0 Å². The van der Waals surface area contributed by atoms with Crippen LogP contribution in [-0.2, 0) is 4.74 Å². The summed E-state index contributed by atoms with van der Waals surface area (Å²) in [5, 5.41) is 3.49. The van der Waals surface area contributed by atoms with Gasteiger partial charge in [0, 0.05) is 23.6 Å². The van der Waals surface area contributed by atoms with Crippen molar-refractivity contribution in [1.82, 2.24) is 5.32 Å². The second-order valence-electron chi connectivity index (χ2n) is 4.79. The molecule has 0 unspecified atom stereocenters. The van der Waals surface area contributed by atoms with Gasteiger partial charge in [-0.05, 0) is 38.0 Å². The summed E-state index contributed by atoms with van der Waals surface area (Å²) in [7, 11) is 0. The molecule has 1 amide bonds. The first-order chi connectivity index (χ1) is 8.50. The summed E-state index contributed by atoms with van der Waals surface area (Å²) in [6, 6.07) is 5.13. The second kappa shape index (κ2) is 5.51. The van der Waals surface area contributed by atoms with Gasteiger partial charge in [0.05, 0.1) is 10.6 Å². The number of carbonyl (C=O) groups excluding carboxylic acids is 1. The molecular weight excluding hydrogens is 270 g/mol. The number of benzene rings is 1. The number of amides is 1. The van der Waals surface area contributed by atoms with Crippen molar-refractivity contribution < 1.29 is 9.53 Å². The highest BCUT2D eigenvalue weighted by atomic mass is 35.5. The maximum absolute atomic E-state index is 12.2. The van der Waals surface area contributed by atoms with Crippen molar-refractivity contribution >= 4 is 30.1 Å². The lowest BCUT2D eigenvalue weighted by Crippen LogP contribution is -2.49. The summed E-state index contributed by atoms with van der Waals surface area (Å²) in [5.74, 6) is -0.152. The van der Waals surface area contributed by atoms with Gasteiger partial charge in [0.25, 0.3) is 5.91 Å². The van der Waals surface area contributed by atoms with Crippen LogP contribution in [0.15, 0.2) is 23.1 Å². The van der Waals surface area contributed by atoms with Gasteiger partial charge >= 0.3 is 0 Å². The van der Waals surface area contributed by atoms with Crippen LogP contribution in [0, 0.1) is 0 Å². The molecule has 0 radical (unpaired) electrons. The first-order valence-electron chi connectivity index (χ1n) is 5.89. The Hall–Kier alpha value is -0.710. The highest BCUT2D eigenvalue weighted by Gasteiger charge is 2.29. The summed E-state index contributed by atoms with van der Waals surface area (Å²) in [6.45, 7) is 3.39. The zero-order valence-corrected chi connectivity index (χ0v) is 11.9. The third-order valence-electron chi connectivity index (χ3n) is 3.21. The molecule has 0 bridgehead atoms. The predicted molar refractivity (Wildman–Crippen MR) is 74.6 cm³/mol. The topological polar surface area (TPSA) is 38.3 Å². The Morgan fingerprint density at radius 1 is 1.44 bits per heavy atom. The zero-order valence-electron chi connectivity index (χ0n) is 10.2. The summed E-state index contributed by atoms with van der Waals surface area (Å²) in [5.41, 5.74) is 0.252. The van der Waals surface area contributed by atoms with Crippen LogP contribution in [0.2, 0.25) is 5.02 Å². The molecule has 0 saturated carbocycles. The van der Waals surface area contributed by atoms with Crippen molar-refractivity contribution in [1.29, 1.82) is 0 Å². The molecule has 0 aliphatic carbocycles. The van der Waals surface area contributed by atoms with E-state index in [0.29, 0.717) is 23.8 Å². The lowest BCUT2D eigenvalue weighted by atomic mass is 9.92. The third-order valence-corrected chi connectivity index (χ3v) is 3.81. The highest BCUT2D eigenvalue weighted by molar-refractivity contribution is 7.80. The molecule has 0 aromatic heterocycles. The molecule has 98 valence electrons. The Morgan fingerprint density at radius 3 is 2.78 bits per heavy atom. The number of hydrogen-bond acceptors (Lipinski definition) is 3. The molecule has 1 saturated heterocycles. The molecule has 2 rings (SSSR count). The number of halogens is 1. The Kier molecular flexibility index (Phi) is 4.20. The quantitative estimate of drug-likeness (QED) is 0.820. The van der Waals surface area contributed by atoms with Crippen molar-refractivity contribution in [2.45, 2.75) is 30.2 Å². The average molecular weight is 286 g/mol. The standard InChI is InChI=1S/C13H16ClNO2S/c1-13(4-6-17-7-5-13)15-12(16)10-8-9(18)2-3-11(10)14/h2-3,8,18H,4-7H2,1H3,(H,15,16). The summed E-state index contributed by atoms with van der Waals surface area (Å²) >= 11 is 10.3. The van der Waals surface area contributed by atoms with Gasteiger partial charge in [0.2, 0.25) is 0 Å². The molecule has 3 nitrogen and oxygen atoms in total. The van der Waals surface area contributed by atoms with Crippen LogP contribution < -0.4 is 5.32 Å². The molecule has 1 fully saturated rings. The highest BCUT2D eigenvalue weighted by Crippen LogP contribution is 2.23. The zero-order chi connectivity index (χ0) is 13.2. The van der Waals surface area contributed by atoms with Gasteiger partial charge in [0.15, 0.2) is 0 Å². The molecule has 1 N–H and O–H groups in total. The van der Waals surface area contributed by atoms with E-state index in [4.69, 9.17) is 16.3 Å². The molecule has 18 heavy (non-hydrogen) atoms. The van der Waals surface area contributed by atoms with Crippen molar-refractivity contribution in [3.05, 3.63) is 28.8 Å². The van der Waals surface area contributed by atoms with E-state index in [2.05, 4.69) is 17.9 Å². The van der Waals surface area contributed by atoms with Gasteiger partial charge in [0.1, 0.15) is 0 Å². The Labute approximate surface area is 117 Å². The molecule has 0 atom stereocenters. The van der Waals surface area contributed by atoms with Gasteiger partial charge in [-0.2, -0.15) is 0 Å². The van der Waals surface area contributed by atoms with Crippen LogP contribution in [0.25, 0.3) is 0 Å². The Balaban J connectivity index is 2.14. The van der Waals surface area contributed by atoms with E-state index in [0.717, 1.165) is 17.7 Å². The summed E-state index contributed by atoms with van der Waals surface area (Å²) in [6.07, 6.45) is 1.63. The van der Waals surface area contributed by atoms with E-state index < -0.39 is 0 Å². The molecule has 1 aromatic carbocycles. The van der Waals surface area contributed by atoms with Crippen LogP contribution in [0.3, 0.4) is 0 Å². The van der Waals surface area contributed by atoms with Crippen molar-refractivity contribution in [2.24, 2.45) is 0 Å². The lowest BCUT2D eigenvalue weighted by Gasteiger charge is -2.34. The number of rotatable bonds is 2. The van der Waals surface area contributed by atoms with Crippen LogP contribution in [-0.4, -0.2) is 24.7 Å². The monoisotopic (exact) mass is 285 g/mol. The lowest BCUT2D eigenvalue weighted by molar-refractivity contribution is 0.0423. The average Bonchev–Trinajstić information content (AvgIpc) is 2.32. The SMILES string of the molecule is CC1(NC(=O)c2cc(S)ccc2Cl)CCOCC1. The maximum atomic E-state index is 12.2. The van der Waals surface area contributed by atoms with E-state index in [-0.39, 0.29) is 11.4 Å². The van der Waals surface area contributed by atoms with E-state index in [1.54, 1.807) is 18.2 Å². The smallest absolute Gasteiger partial charge is 0.253 e. The van der Waals surface area contributed by atoms with Gasteiger partial charge in [-0.15, -0.1) is 12.6 Å². The molecular formula is C13H16ClNO2S. The van der Waals surface area contributed by atoms with Gasteiger partial charge in [-0.25, -0.2) is 0 Å². The van der Waals surface area contributed by atoms with Gasteiger partial charge < -0.3 is 10.1 Å². The fraction of sp³-hybridized carbons (Fsp3) is 0.462. The van der Waals surface area contributed by atoms with Crippen LogP contribution >= 0.6 is 24.2 Å². The van der Waals surface area contributed by atoms with Crippen molar-refractivity contribution in [2.75, 3.05) is 13.2 Å². The van der Waals surface area contributed by atoms with Crippen molar-refractivity contribution in [3.8, 4) is 0 Å². The minimum absolute atomic E-state index is 0.152. The van der Waals surface area contributed by atoms with E-state index in [1.807, 2.05) is 6.92 Å². The number of nitrogens with one attached hydrogen (secondary N) is 1. The van der Waals surface area contributed by atoms with Crippen LogP contribution in [0.4, 0.5) is 0 Å². The third kappa shape index (κ3) is 3.19. The Morgan fingerprint density at radius 2 is 2.11 bits per heavy atom. The fourth-order valence-electron chi connectivity index (χ4n) is 1.98. The van der Waals surface area contributed by atoms with E-state index in [9.17, 15) is 4.79 Å². The Bertz CT molecular complexity index is 458. The fourth-order valence-corrected chi connectivity index (χ4v) is 2.38. The number of ether oxygens (including phenoxy) is 1. The van der Waals surface area contributed by atoms with Gasteiger partial charge in [-0.3, -0.25) is 4.79 Å². The molecule has 0 spiro atoms. The van der Waals surface area contributed by atoms with E-state index in [1.165, 1.54) is 0 Å². The molecule has 1 aliphatic rings. The minimum atomic E-state index is -0.217. The van der Waals surface area contributed by atoms with Crippen molar-refractivity contribution in [3.63, 3.8) is 0 Å². The molecule has 1 aliphatic heterocycles. The summed E-state index contributed by atoms with van der Waals surface area (Å²) in [4.78, 5) is 12.9. The molecule has 1 heterocycles. The summed E-state index contributed by atoms with van der Waals surface area (Å²) < 4.78 is 5.31. The molecule has 5 heteroatoms. The largest absolute Gasteiger partial charge is 0.381 e. The second-order valence-corrected chi connectivity index (χ2v) is 5.71. The van der Waals surface area contributed by atoms with Crippen LogP contribution in [0.1, 0.15) is 30.1 Å². The predicted octanol–water partition coefficient (Wildman–Crippen LogP) is 2.93. The first-order valence-corrected chi connectivity index (χ1v) is 6.71. The first kappa shape index (κ1) is 13.7. The van der Waals surface area contributed by atoms with Crippen LogP contribution in [0.5, 0.6) is 0 Å².